The first-order valence-electron chi connectivity index (χ1n) is 5.69. The van der Waals surface area contributed by atoms with Crippen LogP contribution in [0.4, 0.5) is 11.4 Å². The van der Waals surface area contributed by atoms with Crippen LogP contribution in [0.5, 0.6) is 0 Å². The smallest absolute Gasteiger partial charge is 0.329 e. The molecule has 0 heterocycles. The second-order valence-electron chi connectivity index (χ2n) is 4.44. The van der Waals surface area contributed by atoms with Crippen LogP contribution in [0, 0.1) is 21.4 Å². The first-order chi connectivity index (χ1) is 9.00. The highest BCUT2D eigenvalue weighted by Crippen LogP contribution is 2.39. The van der Waals surface area contributed by atoms with Crippen LogP contribution in [0.15, 0.2) is 18.2 Å². The number of carboxylic acid groups (broad SMARTS) is 1. The molecule has 7 nitrogen and oxygen atoms in total. The van der Waals surface area contributed by atoms with E-state index in [2.05, 4.69) is 5.32 Å². The lowest BCUT2D eigenvalue weighted by atomic mass is 9.76. The summed E-state index contributed by atoms with van der Waals surface area (Å²) in [4.78, 5) is 21.6. The SMILES string of the molecule is N#Cc1cccc(NC2(C(=O)O)CCC2)c1[N+](=O)[O-]. The fraction of sp³-hybridized carbons (Fsp3) is 0.333. The van der Waals surface area contributed by atoms with E-state index in [1.54, 1.807) is 6.07 Å². The maximum atomic E-state index is 11.2. The summed E-state index contributed by atoms with van der Waals surface area (Å²) in [5, 5.41) is 31.8. The molecule has 0 amide bonds. The van der Waals surface area contributed by atoms with Crippen molar-refractivity contribution in [3.8, 4) is 6.07 Å². The molecule has 1 aliphatic carbocycles. The second-order valence-corrected chi connectivity index (χ2v) is 4.44. The number of hydrogen-bond donors (Lipinski definition) is 2. The number of benzene rings is 1. The summed E-state index contributed by atoms with van der Waals surface area (Å²) < 4.78 is 0. The third-order valence-electron chi connectivity index (χ3n) is 3.33. The van der Waals surface area contributed by atoms with E-state index in [1.807, 2.05) is 0 Å². The van der Waals surface area contributed by atoms with Gasteiger partial charge in [0.2, 0.25) is 0 Å². The molecule has 2 rings (SSSR count). The standard InChI is InChI=1S/C12H11N3O4/c13-7-8-3-1-4-9(10(8)15(18)19)14-12(11(16)17)5-2-6-12/h1,3-4,14H,2,5-6H2,(H,16,17). The molecule has 0 atom stereocenters. The van der Waals surface area contributed by atoms with E-state index in [1.165, 1.54) is 18.2 Å². The zero-order valence-electron chi connectivity index (χ0n) is 9.92. The minimum Gasteiger partial charge on any atom is -0.480 e. The van der Waals surface area contributed by atoms with Crippen molar-refractivity contribution in [3.05, 3.63) is 33.9 Å². The maximum absolute atomic E-state index is 11.2. The van der Waals surface area contributed by atoms with Crippen molar-refractivity contribution in [2.75, 3.05) is 5.32 Å². The zero-order valence-corrected chi connectivity index (χ0v) is 9.92. The van der Waals surface area contributed by atoms with Crippen molar-refractivity contribution in [1.29, 1.82) is 5.26 Å². The number of nitro benzene ring substituents is 1. The summed E-state index contributed by atoms with van der Waals surface area (Å²) in [6.45, 7) is 0. The number of carboxylic acids is 1. The van der Waals surface area contributed by atoms with Crippen LogP contribution in [-0.4, -0.2) is 21.5 Å². The predicted molar refractivity (Wildman–Crippen MR) is 65.7 cm³/mol. The van der Waals surface area contributed by atoms with Crippen LogP contribution in [-0.2, 0) is 4.79 Å². The molecule has 0 radical (unpaired) electrons. The van der Waals surface area contributed by atoms with Gasteiger partial charge in [-0.2, -0.15) is 5.26 Å². The summed E-state index contributed by atoms with van der Waals surface area (Å²) in [6.07, 6.45) is 1.58. The minimum atomic E-state index is -1.15. The fourth-order valence-electron chi connectivity index (χ4n) is 2.11. The average Bonchev–Trinajstić information content (AvgIpc) is 2.32. The van der Waals surface area contributed by atoms with Crippen LogP contribution < -0.4 is 5.32 Å². The van der Waals surface area contributed by atoms with Crippen LogP contribution in [0.3, 0.4) is 0 Å². The molecule has 7 heteroatoms. The van der Waals surface area contributed by atoms with E-state index in [9.17, 15) is 20.0 Å². The normalized spacial score (nSPS) is 15.9. The first-order valence-corrected chi connectivity index (χ1v) is 5.69. The Morgan fingerprint density at radius 1 is 1.53 bits per heavy atom. The van der Waals surface area contributed by atoms with Crippen molar-refractivity contribution >= 4 is 17.3 Å². The molecule has 2 N–H and O–H groups in total. The van der Waals surface area contributed by atoms with Gasteiger partial charge >= 0.3 is 11.7 Å². The lowest BCUT2D eigenvalue weighted by Crippen LogP contribution is -2.52. The molecule has 0 spiro atoms. The van der Waals surface area contributed by atoms with Crippen LogP contribution in [0.1, 0.15) is 24.8 Å². The lowest BCUT2D eigenvalue weighted by Gasteiger charge is -2.38. The van der Waals surface area contributed by atoms with E-state index in [0.29, 0.717) is 12.8 Å². The predicted octanol–water partition coefficient (Wildman–Crippen LogP) is 1.89. The largest absolute Gasteiger partial charge is 0.480 e. The van der Waals surface area contributed by atoms with Gasteiger partial charge in [-0.3, -0.25) is 10.1 Å². The van der Waals surface area contributed by atoms with Gasteiger partial charge in [-0.15, -0.1) is 0 Å². The Labute approximate surface area is 108 Å². The van der Waals surface area contributed by atoms with Crippen LogP contribution >= 0.6 is 0 Å². The number of nitrogens with one attached hydrogen (secondary N) is 1. The summed E-state index contributed by atoms with van der Waals surface area (Å²) in [5.41, 5.74) is -1.54. The average molecular weight is 261 g/mol. The molecule has 0 saturated heterocycles. The van der Waals surface area contributed by atoms with Gasteiger partial charge in [-0.05, 0) is 31.4 Å². The molecule has 0 aliphatic heterocycles. The van der Waals surface area contributed by atoms with Gasteiger partial charge in [-0.25, -0.2) is 4.79 Å². The summed E-state index contributed by atoms with van der Waals surface area (Å²) in [6, 6.07) is 5.98. The monoisotopic (exact) mass is 261 g/mol. The quantitative estimate of drug-likeness (QED) is 0.631. The molecular weight excluding hydrogens is 250 g/mol. The Bertz CT molecular complexity index is 587. The zero-order chi connectivity index (χ0) is 14.0. The molecule has 0 bridgehead atoms. The molecule has 0 aromatic heterocycles. The number of rotatable bonds is 4. The number of nitro groups is 1. The highest BCUT2D eigenvalue weighted by atomic mass is 16.6. The Kier molecular flexibility index (Phi) is 3.09. The molecule has 1 saturated carbocycles. The number of anilines is 1. The van der Waals surface area contributed by atoms with Gasteiger partial charge in [0.1, 0.15) is 22.9 Å². The van der Waals surface area contributed by atoms with E-state index in [-0.39, 0.29) is 16.9 Å². The topological polar surface area (TPSA) is 116 Å². The number of aliphatic carboxylic acids is 1. The Morgan fingerprint density at radius 3 is 2.63 bits per heavy atom. The first kappa shape index (κ1) is 12.8. The molecule has 1 aromatic carbocycles. The molecule has 1 fully saturated rings. The third-order valence-corrected chi connectivity index (χ3v) is 3.33. The van der Waals surface area contributed by atoms with E-state index in [4.69, 9.17) is 5.26 Å². The van der Waals surface area contributed by atoms with Crippen molar-refractivity contribution in [2.24, 2.45) is 0 Å². The van der Waals surface area contributed by atoms with Crippen molar-refractivity contribution in [2.45, 2.75) is 24.8 Å². The molecule has 1 aromatic rings. The number of para-hydroxylation sites is 1. The highest BCUT2D eigenvalue weighted by Gasteiger charge is 2.45. The van der Waals surface area contributed by atoms with Crippen molar-refractivity contribution in [1.82, 2.24) is 0 Å². The molecular formula is C12H11N3O4. The van der Waals surface area contributed by atoms with E-state index >= 15 is 0 Å². The Morgan fingerprint density at radius 2 is 2.21 bits per heavy atom. The van der Waals surface area contributed by atoms with Gasteiger partial charge in [0.15, 0.2) is 0 Å². The molecule has 19 heavy (non-hydrogen) atoms. The summed E-state index contributed by atoms with van der Waals surface area (Å²) >= 11 is 0. The summed E-state index contributed by atoms with van der Waals surface area (Å²) in [7, 11) is 0. The number of carbonyl (C=O) groups is 1. The van der Waals surface area contributed by atoms with Gasteiger partial charge in [-0.1, -0.05) is 6.07 Å². The molecule has 0 unspecified atom stereocenters. The molecule has 1 aliphatic rings. The lowest BCUT2D eigenvalue weighted by molar-refractivity contribution is -0.384. The summed E-state index contributed by atoms with van der Waals surface area (Å²) in [5.74, 6) is -1.03. The van der Waals surface area contributed by atoms with Crippen LogP contribution in [0.2, 0.25) is 0 Å². The van der Waals surface area contributed by atoms with Gasteiger partial charge in [0.25, 0.3) is 0 Å². The number of nitrogens with zero attached hydrogens (tertiary/aromatic N) is 2. The van der Waals surface area contributed by atoms with Crippen molar-refractivity contribution in [3.63, 3.8) is 0 Å². The third kappa shape index (κ3) is 2.08. The fourth-order valence-corrected chi connectivity index (χ4v) is 2.11. The van der Waals surface area contributed by atoms with Crippen LogP contribution in [0.25, 0.3) is 0 Å². The van der Waals surface area contributed by atoms with E-state index < -0.39 is 16.4 Å². The minimum absolute atomic E-state index is 0.0751. The van der Waals surface area contributed by atoms with Gasteiger partial charge in [0.05, 0.1) is 4.92 Å². The second kappa shape index (κ2) is 4.57. The number of hydrogen-bond acceptors (Lipinski definition) is 5. The van der Waals surface area contributed by atoms with Crippen molar-refractivity contribution < 1.29 is 14.8 Å². The molecule has 98 valence electrons. The van der Waals surface area contributed by atoms with Gasteiger partial charge in [0, 0.05) is 0 Å². The Balaban J connectivity index is 2.43. The highest BCUT2D eigenvalue weighted by molar-refractivity contribution is 5.85. The Hall–Kier alpha value is -2.62. The van der Waals surface area contributed by atoms with Gasteiger partial charge < -0.3 is 10.4 Å². The maximum Gasteiger partial charge on any atom is 0.329 e. The van der Waals surface area contributed by atoms with E-state index in [0.717, 1.165) is 6.42 Å². The number of nitriles is 1.